The zero-order valence-electron chi connectivity index (χ0n) is 15.9. The Kier molecular flexibility index (Phi) is 3.44. The second-order valence-electron chi connectivity index (χ2n) is 7.42. The van der Waals surface area contributed by atoms with Crippen LogP contribution in [-0.2, 0) is 0 Å². The molecular weight excluding hydrogens is 372 g/mol. The molecule has 0 radical (unpaired) electrons. The number of fused-ring (bicyclic) bond motifs is 3. The number of amides is 1. The number of H-pyrrole nitrogens is 1. The third kappa shape index (κ3) is 2.28. The van der Waals surface area contributed by atoms with Crippen LogP contribution in [0.5, 0.6) is 5.88 Å². The molecule has 0 saturated heterocycles. The number of hydrogen-bond donors (Lipinski definition) is 2. The van der Waals surface area contributed by atoms with Gasteiger partial charge in [0.25, 0.3) is 5.91 Å². The maximum Gasteiger partial charge on any atom is 0.280 e. The van der Waals surface area contributed by atoms with Gasteiger partial charge in [0, 0.05) is 5.56 Å². The van der Waals surface area contributed by atoms with Crippen molar-refractivity contribution in [2.45, 2.75) is 0 Å². The highest BCUT2D eigenvalue weighted by molar-refractivity contribution is 6.36. The Hall–Kier alpha value is -4.18. The van der Waals surface area contributed by atoms with Crippen molar-refractivity contribution in [2.24, 2.45) is 4.99 Å². The summed E-state index contributed by atoms with van der Waals surface area (Å²) in [6.07, 6.45) is 0. The molecule has 2 heterocycles. The summed E-state index contributed by atoms with van der Waals surface area (Å²) in [6, 6.07) is 27.8. The van der Waals surface area contributed by atoms with E-state index in [1.165, 1.54) is 0 Å². The summed E-state index contributed by atoms with van der Waals surface area (Å²) < 4.78 is 0. The number of nitrogens with one attached hydrogen (secondary N) is 1. The number of nitrogens with zero attached hydrogens (tertiary/aromatic N) is 1. The minimum atomic E-state index is -0.340. The van der Waals surface area contributed by atoms with E-state index in [0.717, 1.165) is 32.7 Å². The van der Waals surface area contributed by atoms with Crippen LogP contribution in [0.3, 0.4) is 0 Å². The molecule has 1 aromatic heterocycles. The summed E-state index contributed by atoms with van der Waals surface area (Å²) in [5.41, 5.74) is 3.70. The number of aliphatic imine (C=N–C) groups is 1. The van der Waals surface area contributed by atoms with Gasteiger partial charge in [-0.25, -0.2) is 4.99 Å². The molecule has 1 aliphatic heterocycles. The van der Waals surface area contributed by atoms with Crippen molar-refractivity contribution >= 4 is 33.2 Å². The molecule has 0 aliphatic carbocycles. The maximum absolute atomic E-state index is 13.0. The number of benzene rings is 4. The molecule has 4 heteroatoms. The minimum absolute atomic E-state index is 0.0366. The molecule has 0 bridgehead atoms. The summed E-state index contributed by atoms with van der Waals surface area (Å²) in [5, 5.41) is 14.9. The molecule has 4 nitrogen and oxygen atoms in total. The van der Waals surface area contributed by atoms with Gasteiger partial charge in [0.15, 0.2) is 5.88 Å². The molecule has 6 rings (SSSR count). The highest BCUT2D eigenvalue weighted by Gasteiger charge is 2.34. The van der Waals surface area contributed by atoms with Crippen molar-refractivity contribution in [3.63, 3.8) is 0 Å². The van der Waals surface area contributed by atoms with Crippen LogP contribution < -0.4 is 0 Å². The Bertz CT molecular complexity index is 1460. The molecule has 2 N–H and O–H groups in total. The van der Waals surface area contributed by atoms with Gasteiger partial charge in [-0.3, -0.25) is 4.79 Å². The smallest absolute Gasteiger partial charge is 0.280 e. The monoisotopic (exact) mass is 388 g/mol. The Morgan fingerprint density at radius 2 is 1.30 bits per heavy atom. The number of carbonyl (C=O) groups is 1. The molecule has 0 spiro atoms. The van der Waals surface area contributed by atoms with Crippen LogP contribution in [0, 0.1) is 0 Å². The van der Waals surface area contributed by atoms with Crippen molar-refractivity contribution in [1.29, 1.82) is 0 Å². The first kappa shape index (κ1) is 16.7. The number of aromatic hydroxyl groups is 1. The van der Waals surface area contributed by atoms with Gasteiger partial charge in [0.2, 0.25) is 0 Å². The fraction of sp³-hybridized carbons (Fsp3) is 0. The van der Waals surface area contributed by atoms with Crippen LogP contribution in [0.15, 0.2) is 89.9 Å². The molecule has 142 valence electrons. The van der Waals surface area contributed by atoms with Gasteiger partial charge in [0.1, 0.15) is 0 Å². The van der Waals surface area contributed by atoms with Gasteiger partial charge >= 0.3 is 0 Å². The van der Waals surface area contributed by atoms with Crippen molar-refractivity contribution in [3.05, 3.63) is 102 Å². The van der Waals surface area contributed by atoms with E-state index in [0.29, 0.717) is 22.5 Å². The summed E-state index contributed by atoms with van der Waals surface area (Å²) in [7, 11) is 0. The fourth-order valence-corrected chi connectivity index (χ4v) is 4.42. The third-order valence-corrected chi connectivity index (χ3v) is 5.71. The van der Waals surface area contributed by atoms with E-state index in [-0.39, 0.29) is 11.8 Å². The standard InChI is InChI=1S/C26H16N2O2/c29-25-21-22(26(30)27-23(21)15-8-2-1-3-9-15)24(28-25)20-18-12-6-4-10-16(18)14-17-11-5-7-13-19(17)20/h1-14,27,30H. The Labute approximate surface area is 172 Å². The summed E-state index contributed by atoms with van der Waals surface area (Å²) in [6.45, 7) is 0. The topological polar surface area (TPSA) is 65.4 Å². The van der Waals surface area contributed by atoms with E-state index in [1.807, 2.05) is 66.7 Å². The van der Waals surface area contributed by atoms with Crippen molar-refractivity contribution in [2.75, 3.05) is 0 Å². The van der Waals surface area contributed by atoms with E-state index >= 15 is 0 Å². The van der Waals surface area contributed by atoms with E-state index in [9.17, 15) is 9.90 Å². The second-order valence-corrected chi connectivity index (χ2v) is 7.42. The molecular formula is C26H16N2O2. The van der Waals surface area contributed by atoms with E-state index < -0.39 is 0 Å². The molecule has 0 saturated carbocycles. The number of hydrogen-bond acceptors (Lipinski definition) is 2. The van der Waals surface area contributed by atoms with Gasteiger partial charge in [-0.15, -0.1) is 0 Å². The van der Waals surface area contributed by atoms with Gasteiger partial charge in [-0.1, -0.05) is 78.9 Å². The van der Waals surface area contributed by atoms with Crippen LogP contribution in [0.2, 0.25) is 0 Å². The Morgan fingerprint density at radius 1 is 0.700 bits per heavy atom. The van der Waals surface area contributed by atoms with Gasteiger partial charge < -0.3 is 10.1 Å². The first-order valence-corrected chi connectivity index (χ1v) is 9.77. The molecule has 4 aromatic carbocycles. The van der Waals surface area contributed by atoms with Crippen molar-refractivity contribution in [1.82, 2.24) is 4.98 Å². The lowest BCUT2D eigenvalue weighted by Crippen LogP contribution is -2.02. The summed E-state index contributed by atoms with van der Waals surface area (Å²) in [4.78, 5) is 20.5. The summed E-state index contributed by atoms with van der Waals surface area (Å²) >= 11 is 0. The molecule has 5 aromatic rings. The lowest BCUT2D eigenvalue weighted by atomic mass is 9.91. The molecule has 0 unspecified atom stereocenters. The predicted octanol–water partition coefficient (Wildman–Crippen LogP) is 5.68. The molecule has 0 fully saturated rings. The van der Waals surface area contributed by atoms with Crippen LogP contribution in [0.25, 0.3) is 32.8 Å². The average molecular weight is 388 g/mol. The lowest BCUT2D eigenvalue weighted by Gasteiger charge is -2.12. The zero-order chi connectivity index (χ0) is 20.2. The predicted molar refractivity (Wildman–Crippen MR) is 119 cm³/mol. The normalized spacial score (nSPS) is 13.1. The molecule has 1 aliphatic rings. The van der Waals surface area contributed by atoms with Crippen LogP contribution in [0.1, 0.15) is 21.5 Å². The number of aromatic amines is 1. The molecule has 0 atom stereocenters. The van der Waals surface area contributed by atoms with Gasteiger partial charge in [-0.2, -0.15) is 0 Å². The van der Waals surface area contributed by atoms with Crippen LogP contribution in [0.4, 0.5) is 0 Å². The highest BCUT2D eigenvalue weighted by Crippen LogP contribution is 2.40. The quantitative estimate of drug-likeness (QED) is 0.382. The first-order chi connectivity index (χ1) is 14.7. The van der Waals surface area contributed by atoms with Crippen molar-refractivity contribution < 1.29 is 9.90 Å². The van der Waals surface area contributed by atoms with E-state index in [1.54, 1.807) is 0 Å². The van der Waals surface area contributed by atoms with Gasteiger partial charge in [0.05, 0.1) is 22.5 Å². The third-order valence-electron chi connectivity index (χ3n) is 5.71. The van der Waals surface area contributed by atoms with E-state index in [4.69, 9.17) is 0 Å². The van der Waals surface area contributed by atoms with Crippen LogP contribution >= 0.6 is 0 Å². The first-order valence-electron chi connectivity index (χ1n) is 9.77. The number of aromatic nitrogens is 1. The Morgan fingerprint density at radius 3 is 1.97 bits per heavy atom. The van der Waals surface area contributed by atoms with E-state index in [2.05, 4.69) is 28.2 Å². The maximum atomic E-state index is 13.0. The average Bonchev–Trinajstić information content (AvgIpc) is 3.31. The SMILES string of the molecule is O=C1N=C(c2c3ccccc3cc3ccccc23)c2c(O)[nH]c(-c3ccccc3)c21. The second kappa shape index (κ2) is 6.16. The minimum Gasteiger partial charge on any atom is -0.494 e. The molecule has 1 amide bonds. The van der Waals surface area contributed by atoms with Crippen molar-refractivity contribution in [3.8, 4) is 17.1 Å². The molecule has 30 heavy (non-hydrogen) atoms. The fourth-order valence-electron chi connectivity index (χ4n) is 4.42. The zero-order valence-corrected chi connectivity index (χ0v) is 15.9. The number of rotatable bonds is 2. The number of carbonyl (C=O) groups excluding carboxylic acids is 1. The van der Waals surface area contributed by atoms with Crippen LogP contribution in [-0.4, -0.2) is 21.7 Å². The highest BCUT2D eigenvalue weighted by atomic mass is 16.3. The summed E-state index contributed by atoms with van der Waals surface area (Å²) in [5.74, 6) is -0.377. The largest absolute Gasteiger partial charge is 0.494 e. The lowest BCUT2D eigenvalue weighted by molar-refractivity contribution is 0.101. The van der Waals surface area contributed by atoms with Gasteiger partial charge in [-0.05, 0) is 33.2 Å². The Balaban J connectivity index is 1.69.